The summed E-state index contributed by atoms with van der Waals surface area (Å²) in [7, 11) is 0. The summed E-state index contributed by atoms with van der Waals surface area (Å²) in [6, 6.07) is 0. The van der Waals surface area contributed by atoms with Crippen LogP contribution in [0.15, 0.2) is 0 Å². The molecule has 12 saturated carbocycles. The Morgan fingerprint density at radius 2 is 0.902 bits per heavy atom. The maximum atomic E-state index is 6.49. The molecular formula is C36H61BrClLiN2. The van der Waals surface area contributed by atoms with Crippen LogP contribution < -0.4 is 29.8 Å². The maximum absolute atomic E-state index is 6.49. The third kappa shape index (κ3) is 6.73. The number of halogens is 2. The summed E-state index contributed by atoms with van der Waals surface area (Å²) < 4.78 is 0.538. The van der Waals surface area contributed by atoms with Crippen LogP contribution in [0.2, 0.25) is 0 Å². The van der Waals surface area contributed by atoms with Crippen molar-refractivity contribution >= 4 is 27.7 Å². The monoisotopic (exact) mass is 642 g/mol. The molecule has 0 radical (unpaired) electrons. The predicted molar refractivity (Wildman–Crippen MR) is 174 cm³/mol. The summed E-state index contributed by atoms with van der Waals surface area (Å²) in [5.41, 5.74) is 10.7. The molecule has 2 nitrogen and oxygen atoms in total. The SMILES string of the molecule is CC12CC3CC(C)(C1)CC(Br)(C3)C2.CC12CC3CC(C)(C1)CC(N)(C3)C2.CC12C[C-]3CC(C1)CC(C)(C3)C2.NCl.[Li+]. The number of hydrogen-bond donors (Lipinski definition) is 2. The molecule has 6 atom stereocenters. The van der Waals surface area contributed by atoms with E-state index in [-0.39, 0.29) is 24.4 Å². The summed E-state index contributed by atoms with van der Waals surface area (Å²) in [5, 5.41) is 3.97. The molecule has 12 bridgehead atoms. The predicted octanol–water partition coefficient (Wildman–Crippen LogP) is 7.50. The van der Waals surface area contributed by atoms with E-state index >= 15 is 0 Å². The standard InChI is InChI=1S/C12H19Br.C12H21N.C12H19.ClH2N.Li/c2*1-10-3-9-4-11(2,6-10)8-12(13,5-9)7-10;1-11-4-9-3-10(5-11)7-12(2,6-9)8-11;1-2;/h9H,3-8H2,1-2H3;9H,3-8,13H2,1-2H3;9H,3-8H2,1-2H3;2H2;/q;;-1;;+1. The van der Waals surface area contributed by atoms with Crippen molar-refractivity contribution in [1.82, 2.24) is 0 Å². The van der Waals surface area contributed by atoms with Crippen LogP contribution in [0.5, 0.6) is 0 Å². The molecule has 0 aliphatic heterocycles. The van der Waals surface area contributed by atoms with Crippen LogP contribution in [0.3, 0.4) is 0 Å². The van der Waals surface area contributed by atoms with Crippen molar-refractivity contribution < 1.29 is 18.9 Å². The molecule has 0 aromatic heterocycles. The molecular weight excluding hydrogens is 583 g/mol. The van der Waals surface area contributed by atoms with Crippen molar-refractivity contribution in [3.63, 3.8) is 0 Å². The van der Waals surface area contributed by atoms with Gasteiger partial charge < -0.3 is 11.7 Å². The first-order valence-electron chi connectivity index (χ1n) is 16.9. The van der Waals surface area contributed by atoms with Crippen molar-refractivity contribution in [2.75, 3.05) is 0 Å². The van der Waals surface area contributed by atoms with E-state index in [0.29, 0.717) is 26.0 Å². The third-order valence-electron chi connectivity index (χ3n) is 13.6. The van der Waals surface area contributed by atoms with E-state index in [1.165, 1.54) is 116 Å². The van der Waals surface area contributed by atoms with Gasteiger partial charge in [0.25, 0.3) is 0 Å². The Balaban J connectivity index is 0.000000118. The van der Waals surface area contributed by atoms with Gasteiger partial charge in [0.2, 0.25) is 0 Å². The maximum Gasteiger partial charge on any atom is 1.00 e. The van der Waals surface area contributed by atoms with Crippen LogP contribution in [0.4, 0.5) is 0 Å². The normalized spacial score (nSPS) is 58.0. The Labute approximate surface area is 279 Å². The Morgan fingerprint density at radius 3 is 1.22 bits per heavy atom. The van der Waals surface area contributed by atoms with E-state index in [2.05, 4.69) is 74.5 Å². The second-order valence-electron chi connectivity index (χ2n) is 20.2. The Morgan fingerprint density at radius 1 is 0.537 bits per heavy atom. The molecule has 0 amide bonds. The number of alkyl halides is 1. The fourth-order valence-corrected chi connectivity index (χ4v) is 17.5. The molecule has 12 aliphatic rings. The fourth-order valence-electron chi connectivity index (χ4n) is 15.7. The molecule has 41 heavy (non-hydrogen) atoms. The first-order valence-corrected chi connectivity index (χ1v) is 18.1. The van der Waals surface area contributed by atoms with Crippen LogP contribution in [-0.4, -0.2) is 9.86 Å². The van der Waals surface area contributed by atoms with Crippen LogP contribution in [0.25, 0.3) is 0 Å². The summed E-state index contributed by atoms with van der Waals surface area (Å²) in [6.45, 7) is 15.0. The van der Waals surface area contributed by atoms with Crippen LogP contribution in [0, 0.1) is 56.2 Å². The van der Waals surface area contributed by atoms with Crippen LogP contribution >= 0.6 is 27.7 Å². The summed E-state index contributed by atoms with van der Waals surface area (Å²) in [5.74, 6) is 4.97. The van der Waals surface area contributed by atoms with Crippen molar-refractivity contribution in [3.8, 4) is 0 Å². The minimum absolute atomic E-state index is 0. The van der Waals surface area contributed by atoms with Gasteiger partial charge >= 0.3 is 18.9 Å². The molecule has 4 N–H and O–H groups in total. The van der Waals surface area contributed by atoms with E-state index in [1.807, 2.05) is 5.92 Å². The molecule has 12 aliphatic carbocycles. The van der Waals surface area contributed by atoms with E-state index < -0.39 is 0 Å². The quantitative estimate of drug-likeness (QED) is 0.124. The summed E-state index contributed by atoms with van der Waals surface area (Å²) in [6.07, 6.45) is 26.1. The molecule has 12 rings (SSSR count). The van der Waals surface area contributed by atoms with Gasteiger partial charge in [0.15, 0.2) is 0 Å². The zero-order valence-electron chi connectivity index (χ0n) is 27.9. The van der Waals surface area contributed by atoms with Gasteiger partial charge in [-0.05, 0) is 142 Å². The number of rotatable bonds is 0. The second kappa shape index (κ2) is 10.7. The first kappa shape index (κ1) is 33.6. The average molecular weight is 644 g/mol. The van der Waals surface area contributed by atoms with Gasteiger partial charge in [0.05, 0.1) is 0 Å². The summed E-state index contributed by atoms with van der Waals surface area (Å²) in [4.78, 5) is 0. The molecule has 230 valence electrons. The minimum atomic E-state index is 0. The van der Waals surface area contributed by atoms with E-state index in [4.69, 9.17) is 5.73 Å². The Bertz CT molecular complexity index is 810. The van der Waals surface area contributed by atoms with Crippen LogP contribution in [0.1, 0.15) is 157 Å². The van der Waals surface area contributed by atoms with Crippen molar-refractivity contribution in [3.05, 3.63) is 5.92 Å². The van der Waals surface area contributed by atoms with Gasteiger partial charge in [-0.2, -0.15) is 19.3 Å². The van der Waals surface area contributed by atoms with Crippen molar-refractivity contribution in [2.45, 2.75) is 167 Å². The average Bonchev–Trinajstić information content (AvgIpc) is 2.66. The zero-order valence-corrected chi connectivity index (χ0v) is 30.2. The molecule has 0 heterocycles. The van der Waals surface area contributed by atoms with Gasteiger partial charge in [-0.3, -0.25) is 0 Å². The van der Waals surface area contributed by atoms with E-state index in [0.717, 1.165) is 28.6 Å². The molecule has 6 unspecified atom stereocenters. The molecule has 0 spiro atoms. The molecule has 12 fully saturated rings. The summed E-state index contributed by atoms with van der Waals surface area (Å²) >= 11 is 8.17. The van der Waals surface area contributed by atoms with Gasteiger partial charge in [-0.15, -0.1) is 0 Å². The van der Waals surface area contributed by atoms with Gasteiger partial charge in [0, 0.05) is 9.86 Å². The van der Waals surface area contributed by atoms with Gasteiger partial charge in [-0.1, -0.05) is 74.2 Å². The van der Waals surface area contributed by atoms with Gasteiger partial charge in [0.1, 0.15) is 0 Å². The van der Waals surface area contributed by atoms with Gasteiger partial charge in [-0.25, -0.2) is 5.25 Å². The number of nitrogens with two attached hydrogens (primary N) is 2. The van der Waals surface area contributed by atoms with E-state index in [1.54, 1.807) is 0 Å². The second-order valence-corrected chi connectivity index (χ2v) is 21.8. The third-order valence-corrected chi connectivity index (χ3v) is 14.5. The largest absolute Gasteiger partial charge is 1.00 e. The smallest absolute Gasteiger partial charge is 0.325 e. The molecule has 0 saturated heterocycles. The Hall–Kier alpha value is 1.29. The van der Waals surface area contributed by atoms with Crippen molar-refractivity contribution in [2.24, 2.45) is 61.2 Å². The molecule has 0 aromatic rings. The minimum Gasteiger partial charge on any atom is -0.325 e. The topological polar surface area (TPSA) is 52.0 Å². The van der Waals surface area contributed by atoms with E-state index in [9.17, 15) is 0 Å². The number of hydrogen-bond acceptors (Lipinski definition) is 2. The molecule has 0 aromatic carbocycles. The van der Waals surface area contributed by atoms with Crippen LogP contribution in [-0.2, 0) is 0 Å². The van der Waals surface area contributed by atoms with Crippen molar-refractivity contribution in [1.29, 1.82) is 0 Å². The Kier molecular flexibility index (Phi) is 8.75. The zero-order chi connectivity index (χ0) is 29.0. The first-order chi connectivity index (χ1) is 18.4. The molecule has 5 heteroatoms. The fraction of sp³-hybridized carbons (Fsp3) is 0.972.